The number of fused-ring (bicyclic) bond motifs is 11. The Labute approximate surface area is 220 Å². The smallest absolute Gasteiger partial charge is 0.664 e. The van der Waals surface area contributed by atoms with Gasteiger partial charge in [0.2, 0.25) is 0 Å². The van der Waals surface area contributed by atoms with Crippen LogP contribution in [-0.4, -0.2) is 4.98 Å². The van der Waals surface area contributed by atoms with Gasteiger partial charge >= 0.3 is 21.1 Å². The second-order valence-corrected chi connectivity index (χ2v) is 8.99. The van der Waals surface area contributed by atoms with Crippen LogP contribution in [0.1, 0.15) is 49.7 Å². The Morgan fingerprint density at radius 2 is 1.49 bits per heavy atom. The van der Waals surface area contributed by atoms with Crippen molar-refractivity contribution in [1.82, 2.24) is 9.97 Å². The number of aromatic nitrogens is 2. The molecule has 0 unspecified atom stereocenters. The Morgan fingerprint density at radius 3 is 2.17 bits per heavy atom. The molecule has 0 atom stereocenters. The molecule has 35 heavy (non-hydrogen) atoms. The summed E-state index contributed by atoms with van der Waals surface area (Å²) in [6, 6.07) is 24.6. The molecular weight excluding hydrogens is 611 g/mol. The third kappa shape index (κ3) is 3.92. The van der Waals surface area contributed by atoms with E-state index >= 15 is 0 Å². The van der Waals surface area contributed by atoms with Crippen molar-refractivity contribution in [2.24, 2.45) is 0 Å². The molecule has 0 fully saturated rings. The van der Waals surface area contributed by atoms with Crippen LogP contribution in [0.2, 0.25) is 0 Å². The second-order valence-electron chi connectivity index (χ2n) is 8.99. The van der Waals surface area contributed by atoms with Gasteiger partial charge in [-0.1, -0.05) is 55.3 Å². The van der Waals surface area contributed by atoms with Crippen molar-refractivity contribution in [3.8, 4) is 22.3 Å². The van der Waals surface area contributed by atoms with Gasteiger partial charge in [-0.15, -0.1) is 39.9 Å². The summed E-state index contributed by atoms with van der Waals surface area (Å²) in [7, 11) is 0. The minimum absolute atomic E-state index is 0. The van der Waals surface area contributed by atoms with Crippen LogP contribution in [0.5, 0.6) is 0 Å². The number of rotatable bonds is 2. The van der Waals surface area contributed by atoms with E-state index in [1.807, 2.05) is 24.3 Å². The van der Waals surface area contributed by atoms with Crippen LogP contribution in [0, 0.1) is 13.0 Å². The molecule has 2 aliphatic rings. The number of hydrogen-bond acceptors (Lipinski definition) is 2. The van der Waals surface area contributed by atoms with E-state index in [4.69, 9.17) is 14.4 Å². The van der Waals surface area contributed by atoms with Crippen molar-refractivity contribution in [2.45, 2.75) is 40.5 Å². The topological polar surface area (TPSA) is 40.1 Å². The predicted octanol–water partition coefficient (Wildman–Crippen LogP) is 8.16. The number of furan rings is 1. The van der Waals surface area contributed by atoms with Gasteiger partial charge in [0.1, 0.15) is 11.2 Å². The summed E-state index contributed by atoms with van der Waals surface area (Å²) >= 11 is 0. The average Bonchev–Trinajstić information content (AvgIpc) is 3.56. The second kappa shape index (κ2) is 9.13. The average molecular weight is 638 g/mol. The van der Waals surface area contributed by atoms with Gasteiger partial charge < -0.3 is 9.40 Å². The molecule has 3 nitrogen and oxygen atoms in total. The minimum atomic E-state index is 0. The van der Waals surface area contributed by atoms with Crippen LogP contribution in [0.25, 0.3) is 55.6 Å². The molecule has 1 aliphatic heterocycles. The Kier molecular flexibility index (Phi) is 6.15. The van der Waals surface area contributed by atoms with E-state index in [1.165, 1.54) is 33.4 Å². The number of benzene rings is 1. The fourth-order valence-corrected chi connectivity index (χ4v) is 5.19. The zero-order chi connectivity index (χ0) is 23.4. The SMILES string of the molecule is CCC1=C(C)c2cc3[c-]c(cc4[n-]c(cc5ccc(cc1n2)o5)c(CC)c4C)-c1ccccc1-3.[Pt+2]. The van der Waals surface area contributed by atoms with Crippen molar-refractivity contribution in [2.75, 3.05) is 0 Å². The standard InChI is InChI=1S/C31H26N2O.Pt/c1-5-24-18(3)28-14-20-13-21(27-10-8-7-9-26(20)27)15-29-19(4)25(6-2)31(33-29)17-23-12-11-22(34-23)16-30(24)32-28;/h7-12,14-17H,5-6H2,1-4H3;/q-2;+2. The summed E-state index contributed by atoms with van der Waals surface area (Å²) in [4.78, 5) is 10.0. The maximum atomic E-state index is 6.17. The number of nitrogens with zero attached hydrogens (tertiary/aromatic N) is 2. The van der Waals surface area contributed by atoms with E-state index in [-0.39, 0.29) is 21.1 Å². The maximum Gasteiger partial charge on any atom is 2.00 e. The van der Waals surface area contributed by atoms with Crippen LogP contribution in [-0.2, 0) is 27.5 Å². The Hall–Kier alpha value is -3.16. The van der Waals surface area contributed by atoms with Gasteiger partial charge in [-0.3, -0.25) is 4.98 Å². The van der Waals surface area contributed by atoms with Gasteiger partial charge in [-0.05, 0) is 56.0 Å². The molecular formula is C31H26N2OPt. The molecule has 0 spiro atoms. The third-order valence-corrected chi connectivity index (χ3v) is 7.03. The van der Waals surface area contributed by atoms with Crippen LogP contribution in [0.15, 0.2) is 65.1 Å². The third-order valence-electron chi connectivity index (χ3n) is 7.03. The zero-order valence-electron chi connectivity index (χ0n) is 20.3. The van der Waals surface area contributed by atoms with Crippen LogP contribution in [0.3, 0.4) is 0 Å². The number of allylic oxidation sites excluding steroid dienone is 2. The van der Waals surface area contributed by atoms with Gasteiger partial charge in [-0.25, -0.2) is 0 Å². The first-order valence-corrected chi connectivity index (χ1v) is 12.0. The summed E-state index contributed by atoms with van der Waals surface area (Å²) in [6.45, 7) is 8.68. The first kappa shape index (κ1) is 23.6. The van der Waals surface area contributed by atoms with Gasteiger partial charge in [0.15, 0.2) is 0 Å². The molecule has 8 bridgehead atoms. The molecule has 4 heterocycles. The normalized spacial score (nSPS) is 12.5. The Bertz CT molecular complexity index is 1650. The molecule has 1 aliphatic carbocycles. The molecule has 0 N–H and O–H groups in total. The summed E-state index contributed by atoms with van der Waals surface area (Å²) < 4.78 is 6.17. The van der Waals surface area contributed by atoms with Crippen molar-refractivity contribution in [1.29, 1.82) is 0 Å². The number of aryl methyl sites for hydroxylation is 2. The Balaban J connectivity index is 0.00000253. The predicted molar refractivity (Wildman–Crippen MR) is 140 cm³/mol. The van der Waals surface area contributed by atoms with Gasteiger partial charge in [-0.2, -0.15) is 5.52 Å². The van der Waals surface area contributed by atoms with E-state index < -0.39 is 0 Å². The van der Waals surface area contributed by atoms with Crippen LogP contribution < -0.4 is 4.98 Å². The summed E-state index contributed by atoms with van der Waals surface area (Å²) in [6.07, 6.45) is 1.84. The summed E-state index contributed by atoms with van der Waals surface area (Å²) in [5, 5.41) is 0. The molecule has 6 rings (SSSR count). The van der Waals surface area contributed by atoms with E-state index in [0.29, 0.717) is 0 Å². The fourth-order valence-electron chi connectivity index (χ4n) is 5.19. The van der Waals surface area contributed by atoms with E-state index in [9.17, 15) is 0 Å². The van der Waals surface area contributed by atoms with Crippen molar-refractivity contribution in [3.05, 3.63) is 89.2 Å². The minimum Gasteiger partial charge on any atom is -0.664 e. The molecule has 4 aromatic rings. The molecule has 0 saturated carbocycles. The molecule has 176 valence electrons. The van der Waals surface area contributed by atoms with Gasteiger partial charge in [0.05, 0.1) is 5.69 Å². The monoisotopic (exact) mass is 637 g/mol. The van der Waals surface area contributed by atoms with Gasteiger partial charge in [0, 0.05) is 11.8 Å². The van der Waals surface area contributed by atoms with E-state index in [1.54, 1.807) is 0 Å². The van der Waals surface area contributed by atoms with E-state index in [2.05, 4.69) is 70.2 Å². The number of hydrogen-bond donors (Lipinski definition) is 0. The van der Waals surface area contributed by atoms with Crippen molar-refractivity contribution in [3.63, 3.8) is 0 Å². The Morgan fingerprint density at radius 1 is 0.800 bits per heavy atom. The maximum absolute atomic E-state index is 6.17. The fraction of sp³-hybridized carbons (Fsp3) is 0.194. The van der Waals surface area contributed by atoms with Crippen molar-refractivity contribution < 1.29 is 25.5 Å². The van der Waals surface area contributed by atoms with Crippen LogP contribution >= 0.6 is 0 Å². The molecule has 3 aromatic heterocycles. The van der Waals surface area contributed by atoms with Crippen LogP contribution in [0.4, 0.5) is 0 Å². The molecule has 4 heteroatoms. The molecule has 1 aromatic carbocycles. The largest absolute Gasteiger partial charge is 2.00 e. The van der Waals surface area contributed by atoms with Crippen molar-refractivity contribution >= 4 is 33.3 Å². The first-order valence-electron chi connectivity index (χ1n) is 12.0. The zero-order valence-corrected chi connectivity index (χ0v) is 22.6. The first-order chi connectivity index (χ1) is 16.6. The quantitative estimate of drug-likeness (QED) is 0.184. The molecule has 0 saturated heterocycles. The molecule has 0 radical (unpaired) electrons. The summed E-state index contributed by atoms with van der Waals surface area (Å²) in [5.74, 6) is 0. The summed E-state index contributed by atoms with van der Waals surface area (Å²) in [5.41, 5.74) is 15.0. The van der Waals surface area contributed by atoms with Gasteiger partial charge in [0.25, 0.3) is 0 Å². The molecule has 0 amide bonds. The van der Waals surface area contributed by atoms with E-state index in [0.717, 1.165) is 57.6 Å².